The molecule has 0 aromatic heterocycles. The lowest BCUT2D eigenvalue weighted by Crippen LogP contribution is -2.48. The average molecular weight is 406 g/mol. The second kappa shape index (κ2) is 7.85. The first-order chi connectivity index (χ1) is 13.4. The highest BCUT2D eigenvalue weighted by molar-refractivity contribution is 7.91. The first-order valence-corrected chi connectivity index (χ1v) is 12.1. The van der Waals surface area contributed by atoms with E-state index in [9.17, 15) is 18.0 Å². The van der Waals surface area contributed by atoms with E-state index in [0.29, 0.717) is 12.0 Å². The van der Waals surface area contributed by atoms with Crippen molar-refractivity contribution in [1.82, 2.24) is 4.90 Å². The molecule has 1 atom stereocenters. The van der Waals surface area contributed by atoms with Gasteiger partial charge in [-0.3, -0.25) is 4.79 Å². The number of fused-ring (bicyclic) bond motifs is 1. The van der Waals surface area contributed by atoms with Gasteiger partial charge in [0.15, 0.2) is 16.4 Å². The van der Waals surface area contributed by atoms with Gasteiger partial charge < -0.3 is 9.64 Å². The number of hydrogen-bond acceptors (Lipinski definition) is 5. The van der Waals surface area contributed by atoms with E-state index in [1.165, 1.54) is 11.1 Å². The molecule has 4 rings (SSSR count). The molecule has 0 radical (unpaired) electrons. The van der Waals surface area contributed by atoms with Crippen molar-refractivity contribution < 1.29 is 22.7 Å². The van der Waals surface area contributed by atoms with Gasteiger partial charge in [0, 0.05) is 12.1 Å². The molecule has 1 heterocycles. The van der Waals surface area contributed by atoms with E-state index in [1.54, 1.807) is 11.0 Å². The van der Waals surface area contributed by atoms with Crippen LogP contribution in [0.25, 0.3) is 0 Å². The van der Waals surface area contributed by atoms with E-state index in [2.05, 4.69) is 0 Å². The molecule has 0 N–H and O–H groups in total. The van der Waals surface area contributed by atoms with Gasteiger partial charge in [-0.1, -0.05) is 18.9 Å². The summed E-state index contributed by atoms with van der Waals surface area (Å²) < 4.78 is 29.1. The highest BCUT2D eigenvalue weighted by Crippen LogP contribution is 2.29. The summed E-state index contributed by atoms with van der Waals surface area (Å²) in [5.74, 6) is -0.617. The number of carbonyl (C=O) groups is 2. The van der Waals surface area contributed by atoms with E-state index < -0.39 is 15.8 Å². The van der Waals surface area contributed by atoms with Crippen LogP contribution in [0.15, 0.2) is 18.2 Å². The van der Waals surface area contributed by atoms with Crippen LogP contribution in [0.3, 0.4) is 0 Å². The summed E-state index contributed by atoms with van der Waals surface area (Å²) in [6, 6.07) is 5.36. The summed E-state index contributed by atoms with van der Waals surface area (Å²) >= 11 is 0. The van der Waals surface area contributed by atoms with Gasteiger partial charge in [-0.25, -0.2) is 13.2 Å². The van der Waals surface area contributed by atoms with Gasteiger partial charge in [-0.2, -0.15) is 0 Å². The third kappa shape index (κ3) is 4.09. The lowest BCUT2D eigenvalue weighted by atomic mass is 10.1. The number of ether oxygens (including phenoxy) is 1. The Labute approximate surface area is 166 Å². The fraction of sp³-hybridized carbons (Fsp3) is 0.619. The molecule has 1 aromatic rings. The Hall–Kier alpha value is -1.89. The molecule has 2 fully saturated rings. The molecule has 1 amide bonds. The molecule has 28 heavy (non-hydrogen) atoms. The van der Waals surface area contributed by atoms with Gasteiger partial charge in [0.2, 0.25) is 0 Å². The van der Waals surface area contributed by atoms with Crippen molar-refractivity contribution >= 4 is 21.7 Å². The minimum Gasteiger partial charge on any atom is -0.452 e. The fourth-order valence-corrected chi connectivity index (χ4v) is 6.58. The fourth-order valence-electron chi connectivity index (χ4n) is 4.87. The monoisotopic (exact) mass is 405 g/mol. The van der Waals surface area contributed by atoms with E-state index >= 15 is 0 Å². The summed E-state index contributed by atoms with van der Waals surface area (Å²) in [6.07, 6.45) is 7.47. The van der Waals surface area contributed by atoms with Crippen molar-refractivity contribution in [2.75, 3.05) is 18.1 Å². The third-order valence-electron chi connectivity index (χ3n) is 6.27. The van der Waals surface area contributed by atoms with Crippen molar-refractivity contribution in [3.05, 3.63) is 34.9 Å². The van der Waals surface area contributed by atoms with E-state index in [-0.39, 0.29) is 36.1 Å². The van der Waals surface area contributed by atoms with Crippen molar-refractivity contribution in [1.29, 1.82) is 0 Å². The van der Waals surface area contributed by atoms with Gasteiger partial charge in [-0.15, -0.1) is 0 Å². The third-order valence-corrected chi connectivity index (χ3v) is 8.02. The van der Waals surface area contributed by atoms with Gasteiger partial charge in [-0.05, 0) is 61.8 Å². The zero-order valence-electron chi connectivity index (χ0n) is 16.1. The Balaban J connectivity index is 1.42. The highest BCUT2D eigenvalue weighted by Gasteiger charge is 2.39. The van der Waals surface area contributed by atoms with Crippen LogP contribution in [0.2, 0.25) is 0 Å². The lowest BCUT2D eigenvalue weighted by molar-refractivity contribution is -0.139. The first-order valence-electron chi connectivity index (χ1n) is 10.2. The molecular weight excluding hydrogens is 378 g/mol. The van der Waals surface area contributed by atoms with Crippen molar-refractivity contribution in [3.63, 3.8) is 0 Å². The SMILES string of the molecule is O=C(OCC(=O)N(C1CCCC1)[C@H]1CCS(=O)(=O)C1)c1ccc2c(c1)CCC2. The van der Waals surface area contributed by atoms with Crippen LogP contribution in [0, 0.1) is 0 Å². The molecule has 0 bridgehead atoms. The molecule has 1 saturated heterocycles. The van der Waals surface area contributed by atoms with Crippen LogP contribution < -0.4 is 0 Å². The van der Waals surface area contributed by atoms with Gasteiger partial charge in [0.25, 0.3) is 5.91 Å². The predicted molar refractivity (Wildman–Crippen MR) is 105 cm³/mol. The normalized spacial score (nSPS) is 23.5. The maximum atomic E-state index is 12.9. The largest absolute Gasteiger partial charge is 0.452 e. The molecule has 1 aliphatic heterocycles. The standard InChI is InChI=1S/C21H27NO5S/c23-20(13-27-21(24)17-9-8-15-4-3-5-16(15)12-17)22(18-6-1-2-7-18)19-10-11-28(25,26)14-19/h8-9,12,18-19H,1-7,10-11,13-14H2/t19-/m0/s1. The van der Waals surface area contributed by atoms with E-state index in [0.717, 1.165) is 44.9 Å². The maximum Gasteiger partial charge on any atom is 0.338 e. The number of benzene rings is 1. The topological polar surface area (TPSA) is 80.8 Å². The average Bonchev–Trinajstić information content (AvgIpc) is 3.40. The summed E-state index contributed by atoms with van der Waals surface area (Å²) in [7, 11) is -3.09. The predicted octanol–water partition coefficient (Wildman–Crippen LogP) is 2.29. The lowest BCUT2D eigenvalue weighted by Gasteiger charge is -2.33. The molecule has 3 aliphatic rings. The van der Waals surface area contributed by atoms with Gasteiger partial charge >= 0.3 is 5.97 Å². The van der Waals surface area contributed by atoms with E-state index in [1.807, 2.05) is 12.1 Å². The molecule has 1 aromatic carbocycles. The van der Waals surface area contributed by atoms with Crippen molar-refractivity contribution in [2.45, 2.75) is 63.5 Å². The molecule has 1 saturated carbocycles. The number of esters is 1. The molecule has 0 unspecified atom stereocenters. The maximum absolute atomic E-state index is 12.9. The summed E-state index contributed by atoms with van der Waals surface area (Å²) in [4.78, 5) is 27.0. The highest BCUT2D eigenvalue weighted by atomic mass is 32.2. The number of aryl methyl sites for hydroxylation is 2. The van der Waals surface area contributed by atoms with Crippen LogP contribution in [-0.4, -0.2) is 55.4 Å². The Kier molecular flexibility index (Phi) is 5.45. The summed E-state index contributed by atoms with van der Waals surface area (Å²) in [6.45, 7) is -0.330. The zero-order valence-corrected chi connectivity index (χ0v) is 16.9. The van der Waals surface area contributed by atoms with Gasteiger partial charge in [0.1, 0.15) is 0 Å². The second-order valence-electron chi connectivity index (χ2n) is 8.21. The van der Waals surface area contributed by atoms with Crippen LogP contribution in [0.4, 0.5) is 0 Å². The molecule has 6 nitrogen and oxygen atoms in total. The number of nitrogens with zero attached hydrogens (tertiary/aromatic N) is 1. The Morgan fingerprint density at radius 3 is 2.46 bits per heavy atom. The number of sulfone groups is 1. The minimum atomic E-state index is -3.09. The number of amides is 1. The van der Waals surface area contributed by atoms with Crippen LogP contribution in [-0.2, 0) is 32.2 Å². The van der Waals surface area contributed by atoms with Crippen molar-refractivity contribution in [3.8, 4) is 0 Å². The van der Waals surface area contributed by atoms with Crippen LogP contribution >= 0.6 is 0 Å². The summed E-state index contributed by atoms with van der Waals surface area (Å²) in [5, 5.41) is 0. The summed E-state index contributed by atoms with van der Waals surface area (Å²) in [5.41, 5.74) is 2.94. The number of hydrogen-bond donors (Lipinski definition) is 0. The first kappa shape index (κ1) is 19.4. The number of carbonyl (C=O) groups excluding carboxylic acids is 2. The minimum absolute atomic E-state index is 0.0218. The van der Waals surface area contributed by atoms with Crippen LogP contribution in [0.5, 0.6) is 0 Å². The molecule has 2 aliphatic carbocycles. The molecular formula is C21H27NO5S. The Bertz CT molecular complexity index is 873. The van der Waals surface area contributed by atoms with E-state index in [4.69, 9.17) is 4.74 Å². The quantitative estimate of drug-likeness (QED) is 0.702. The Morgan fingerprint density at radius 2 is 1.75 bits per heavy atom. The zero-order chi connectivity index (χ0) is 19.7. The van der Waals surface area contributed by atoms with Gasteiger partial charge in [0.05, 0.1) is 17.1 Å². The molecule has 0 spiro atoms. The van der Waals surface area contributed by atoms with Crippen molar-refractivity contribution in [2.24, 2.45) is 0 Å². The van der Waals surface area contributed by atoms with Crippen LogP contribution in [0.1, 0.15) is 60.0 Å². The smallest absolute Gasteiger partial charge is 0.338 e. The Morgan fingerprint density at radius 1 is 1.00 bits per heavy atom. The number of rotatable bonds is 5. The molecule has 152 valence electrons. The second-order valence-corrected chi connectivity index (χ2v) is 10.4. The molecule has 7 heteroatoms.